The fraction of sp³-hybridized carbons (Fsp3) is 0.375. The first kappa shape index (κ1) is 11.7. The van der Waals surface area contributed by atoms with Crippen LogP contribution in [0.3, 0.4) is 0 Å². The Kier molecular flexibility index (Phi) is 2.47. The number of hydrogen-bond donors (Lipinski definition) is 1. The van der Waals surface area contributed by atoms with Crippen LogP contribution in [0.25, 0.3) is 10.8 Å². The van der Waals surface area contributed by atoms with E-state index in [9.17, 15) is 0 Å². The molecule has 94 valence electrons. The number of ether oxygens (including phenoxy) is 1. The normalized spacial score (nSPS) is 18.6. The minimum Gasteiger partial charge on any atom is -0.379 e. The fourth-order valence-corrected chi connectivity index (χ4v) is 2.82. The lowest BCUT2D eigenvalue weighted by molar-refractivity contribution is -0.0911. The van der Waals surface area contributed by atoms with Crippen LogP contribution in [0.1, 0.15) is 19.4 Å². The number of benzene rings is 2. The molecule has 0 unspecified atom stereocenters. The molecule has 0 aliphatic carbocycles. The van der Waals surface area contributed by atoms with Crippen molar-refractivity contribution in [1.29, 1.82) is 0 Å². The molecule has 2 N–H and O–H groups in total. The Morgan fingerprint density at radius 1 is 1.06 bits per heavy atom. The third-order valence-electron chi connectivity index (χ3n) is 4.24. The van der Waals surface area contributed by atoms with Crippen LogP contribution in [0, 0.1) is 0 Å². The molecular weight excluding hydrogens is 222 g/mol. The molecule has 1 heterocycles. The number of rotatable bonds is 2. The second-order valence-electron chi connectivity index (χ2n) is 5.82. The monoisotopic (exact) mass is 241 g/mol. The van der Waals surface area contributed by atoms with Gasteiger partial charge in [-0.15, -0.1) is 0 Å². The molecule has 0 radical (unpaired) electrons. The average Bonchev–Trinajstić information content (AvgIpc) is 2.26. The Hall–Kier alpha value is -1.38. The maximum Gasteiger partial charge on any atom is 0.0603 e. The van der Waals surface area contributed by atoms with Crippen molar-refractivity contribution in [1.82, 2.24) is 0 Å². The Morgan fingerprint density at radius 3 is 2.33 bits per heavy atom. The lowest BCUT2D eigenvalue weighted by Gasteiger charge is -2.51. The maximum atomic E-state index is 6.42. The van der Waals surface area contributed by atoms with E-state index in [0.29, 0.717) is 13.2 Å². The number of fused-ring (bicyclic) bond motifs is 1. The minimum atomic E-state index is -0.282. The van der Waals surface area contributed by atoms with Crippen LogP contribution in [0.4, 0.5) is 0 Å². The Labute approximate surface area is 108 Å². The summed E-state index contributed by atoms with van der Waals surface area (Å²) in [6, 6.07) is 14.9. The van der Waals surface area contributed by atoms with Crippen molar-refractivity contribution in [3.05, 3.63) is 48.0 Å². The SMILES string of the molecule is CC(C)(N)C1(c2cccc3ccccc23)COC1. The van der Waals surface area contributed by atoms with Crippen molar-refractivity contribution >= 4 is 10.8 Å². The average molecular weight is 241 g/mol. The summed E-state index contributed by atoms with van der Waals surface area (Å²) in [5, 5.41) is 2.56. The van der Waals surface area contributed by atoms with Gasteiger partial charge in [-0.25, -0.2) is 0 Å². The van der Waals surface area contributed by atoms with E-state index in [1.807, 2.05) is 0 Å². The van der Waals surface area contributed by atoms with Crippen LogP contribution in [0.2, 0.25) is 0 Å². The highest BCUT2D eigenvalue weighted by Crippen LogP contribution is 2.43. The minimum absolute atomic E-state index is 0.0616. The molecule has 0 spiro atoms. The van der Waals surface area contributed by atoms with E-state index in [1.54, 1.807) is 0 Å². The van der Waals surface area contributed by atoms with Gasteiger partial charge in [0.1, 0.15) is 0 Å². The zero-order chi connectivity index (χ0) is 12.8. The first-order chi connectivity index (χ1) is 8.55. The van der Waals surface area contributed by atoms with Gasteiger partial charge < -0.3 is 10.5 Å². The quantitative estimate of drug-likeness (QED) is 0.877. The molecule has 0 amide bonds. The summed E-state index contributed by atoms with van der Waals surface area (Å²) in [4.78, 5) is 0. The van der Waals surface area contributed by atoms with Gasteiger partial charge in [0.2, 0.25) is 0 Å². The predicted octanol–water partition coefficient (Wildman–Crippen LogP) is 2.85. The van der Waals surface area contributed by atoms with Crippen molar-refractivity contribution in [2.45, 2.75) is 24.8 Å². The summed E-state index contributed by atoms with van der Waals surface area (Å²) in [6.45, 7) is 5.61. The van der Waals surface area contributed by atoms with Gasteiger partial charge in [-0.05, 0) is 30.2 Å². The van der Waals surface area contributed by atoms with Crippen molar-refractivity contribution in [3.63, 3.8) is 0 Å². The van der Waals surface area contributed by atoms with Crippen LogP contribution in [0.15, 0.2) is 42.5 Å². The largest absolute Gasteiger partial charge is 0.379 e. The van der Waals surface area contributed by atoms with Gasteiger partial charge in [0, 0.05) is 5.54 Å². The second-order valence-corrected chi connectivity index (χ2v) is 5.82. The van der Waals surface area contributed by atoms with E-state index in [4.69, 9.17) is 10.5 Å². The summed E-state index contributed by atoms with van der Waals surface area (Å²) in [5.74, 6) is 0. The first-order valence-corrected chi connectivity index (χ1v) is 6.39. The standard InChI is InChI=1S/C16H19NO/c1-15(2,17)16(10-18-11-16)14-9-5-7-12-6-3-4-8-13(12)14/h3-9H,10-11,17H2,1-2H3. The lowest BCUT2D eigenvalue weighted by atomic mass is 9.64. The summed E-state index contributed by atoms with van der Waals surface area (Å²) < 4.78 is 5.49. The first-order valence-electron chi connectivity index (χ1n) is 6.39. The van der Waals surface area contributed by atoms with Crippen LogP contribution in [-0.4, -0.2) is 18.8 Å². The smallest absolute Gasteiger partial charge is 0.0603 e. The highest BCUT2D eigenvalue weighted by Gasteiger charge is 2.50. The van der Waals surface area contributed by atoms with Crippen molar-refractivity contribution < 1.29 is 4.74 Å². The van der Waals surface area contributed by atoms with E-state index < -0.39 is 0 Å². The zero-order valence-electron chi connectivity index (χ0n) is 10.9. The fourth-order valence-electron chi connectivity index (χ4n) is 2.82. The van der Waals surface area contributed by atoms with Crippen LogP contribution in [0.5, 0.6) is 0 Å². The van der Waals surface area contributed by atoms with Gasteiger partial charge in [-0.1, -0.05) is 42.5 Å². The summed E-state index contributed by atoms with van der Waals surface area (Å²) in [6.07, 6.45) is 0. The molecule has 0 aromatic heterocycles. The van der Waals surface area contributed by atoms with Crippen molar-refractivity contribution in [3.8, 4) is 0 Å². The zero-order valence-corrected chi connectivity index (χ0v) is 10.9. The van der Waals surface area contributed by atoms with E-state index in [0.717, 1.165) is 0 Å². The van der Waals surface area contributed by atoms with Gasteiger partial charge in [0.25, 0.3) is 0 Å². The molecule has 2 nitrogen and oxygen atoms in total. The molecule has 0 atom stereocenters. The van der Waals surface area contributed by atoms with Gasteiger partial charge in [-0.2, -0.15) is 0 Å². The Morgan fingerprint density at radius 2 is 1.72 bits per heavy atom. The second kappa shape index (κ2) is 3.81. The van der Waals surface area contributed by atoms with E-state index >= 15 is 0 Å². The third-order valence-corrected chi connectivity index (χ3v) is 4.24. The molecule has 18 heavy (non-hydrogen) atoms. The van der Waals surface area contributed by atoms with Crippen LogP contribution in [-0.2, 0) is 10.2 Å². The molecule has 3 rings (SSSR count). The van der Waals surface area contributed by atoms with E-state index in [2.05, 4.69) is 56.3 Å². The van der Waals surface area contributed by atoms with Gasteiger partial charge in [0.15, 0.2) is 0 Å². The molecule has 2 heteroatoms. The third kappa shape index (κ3) is 1.49. The van der Waals surface area contributed by atoms with E-state index in [1.165, 1.54) is 16.3 Å². The summed E-state index contributed by atoms with van der Waals surface area (Å²) >= 11 is 0. The molecule has 1 saturated heterocycles. The van der Waals surface area contributed by atoms with Gasteiger partial charge >= 0.3 is 0 Å². The van der Waals surface area contributed by atoms with Crippen LogP contribution < -0.4 is 5.73 Å². The molecule has 1 aliphatic rings. The van der Waals surface area contributed by atoms with E-state index in [-0.39, 0.29) is 11.0 Å². The molecule has 0 saturated carbocycles. The molecule has 1 fully saturated rings. The van der Waals surface area contributed by atoms with Gasteiger partial charge in [0.05, 0.1) is 18.6 Å². The molecular formula is C16H19NO. The number of hydrogen-bond acceptors (Lipinski definition) is 2. The van der Waals surface area contributed by atoms with Crippen molar-refractivity contribution in [2.75, 3.05) is 13.2 Å². The highest BCUT2D eigenvalue weighted by molar-refractivity contribution is 5.87. The maximum absolute atomic E-state index is 6.42. The Bertz CT molecular complexity index is 574. The molecule has 1 aliphatic heterocycles. The summed E-state index contributed by atoms with van der Waals surface area (Å²) in [7, 11) is 0. The molecule has 2 aromatic carbocycles. The summed E-state index contributed by atoms with van der Waals surface area (Å²) in [5.41, 5.74) is 7.39. The molecule has 0 bridgehead atoms. The van der Waals surface area contributed by atoms with Crippen LogP contribution >= 0.6 is 0 Å². The Balaban J connectivity index is 2.25. The van der Waals surface area contributed by atoms with Crippen molar-refractivity contribution in [2.24, 2.45) is 5.73 Å². The lowest BCUT2D eigenvalue weighted by Crippen LogP contribution is -2.64. The van der Waals surface area contributed by atoms with Gasteiger partial charge in [-0.3, -0.25) is 0 Å². The predicted molar refractivity (Wildman–Crippen MR) is 74.7 cm³/mol. The molecule has 2 aromatic rings. The highest BCUT2D eigenvalue weighted by atomic mass is 16.5. The topological polar surface area (TPSA) is 35.2 Å². The number of nitrogens with two attached hydrogens (primary N) is 1.